The normalized spacial score (nSPS) is 35.8. The number of alkyl carbamates (subject to hydrolysis) is 1. The maximum Gasteiger partial charge on any atom is 0.408 e. The van der Waals surface area contributed by atoms with Crippen LogP contribution in [0.2, 0.25) is 0 Å². The van der Waals surface area contributed by atoms with Gasteiger partial charge < -0.3 is 25.4 Å². The van der Waals surface area contributed by atoms with Gasteiger partial charge in [-0.2, -0.15) is 0 Å². The molecule has 4 N–H and O–H groups in total. The summed E-state index contributed by atoms with van der Waals surface area (Å²) in [5.41, 5.74) is -2.27. The molecule has 2 aliphatic carbocycles. The number of sulfonamides is 1. The maximum absolute atomic E-state index is 14.0. The van der Waals surface area contributed by atoms with Gasteiger partial charge in [0, 0.05) is 18.9 Å². The van der Waals surface area contributed by atoms with E-state index in [2.05, 4.69) is 22.3 Å². The Morgan fingerprint density at radius 2 is 1.83 bits per heavy atom. The molecule has 0 spiro atoms. The van der Waals surface area contributed by atoms with Gasteiger partial charge in [0.15, 0.2) is 0 Å². The monoisotopic (exact) mass is 610 g/mol. The largest absolute Gasteiger partial charge is 0.444 e. The first kappa shape index (κ1) is 32.2. The molecule has 236 valence electrons. The Morgan fingerprint density at radius 3 is 2.45 bits per heavy atom. The van der Waals surface area contributed by atoms with Crippen LogP contribution in [0, 0.1) is 17.8 Å². The van der Waals surface area contributed by atoms with E-state index in [9.17, 15) is 32.7 Å². The predicted octanol–water partition coefficient (Wildman–Crippen LogP) is 1.73. The van der Waals surface area contributed by atoms with Crippen molar-refractivity contribution in [1.29, 1.82) is 0 Å². The molecule has 2 aliphatic heterocycles. The highest BCUT2D eigenvalue weighted by molar-refractivity contribution is 7.91. The first-order valence-corrected chi connectivity index (χ1v) is 16.4. The summed E-state index contributed by atoms with van der Waals surface area (Å²) in [7, 11) is -3.94. The van der Waals surface area contributed by atoms with Crippen molar-refractivity contribution in [1.82, 2.24) is 20.3 Å². The van der Waals surface area contributed by atoms with Crippen LogP contribution in [0.5, 0.6) is 0 Å². The molecule has 1 unspecified atom stereocenters. The lowest BCUT2D eigenvalue weighted by molar-refractivity contribution is -0.142. The second kappa shape index (κ2) is 11.4. The van der Waals surface area contributed by atoms with Crippen molar-refractivity contribution in [2.45, 2.75) is 121 Å². The molecule has 0 bridgehead atoms. The topological polar surface area (TPSA) is 171 Å². The third-order valence-corrected chi connectivity index (χ3v) is 11.1. The van der Waals surface area contributed by atoms with E-state index < -0.39 is 73.8 Å². The first-order valence-electron chi connectivity index (χ1n) is 14.9. The van der Waals surface area contributed by atoms with E-state index in [0.717, 1.165) is 6.42 Å². The second-order valence-corrected chi connectivity index (χ2v) is 16.2. The number of nitrogens with zero attached hydrogens (tertiary/aromatic N) is 1. The molecule has 1 saturated heterocycles. The quantitative estimate of drug-likeness (QED) is 0.349. The Balaban J connectivity index is 1.63. The summed E-state index contributed by atoms with van der Waals surface area (Å²) >= 11 is 0. The molecule has 0 aromatic carbocycles. The Kier molecular flexibility index (Phi) is 8.78. The highest BCUT2D eigenvalue weighted by Gasteiger charge is 2.63. The maximum atomic E-state index is 14.0. The second-order valence-electron chi connectivity index (χ2n) is 14.0. The van der Waals surface area contributed by atoms with Gasteiger partial charge in [-0.3, -0.25) is 19.1 Å². The fourth-order valence-corrected chi connectivity index (χ4v) is 7.27. The summed E-state index contributed by atoms with van der Waals surface area (Å²) in [6.07, 6.45) is 5.17. The van der Waals surface area contributed by atoms with Gasteiger partial charge in [0.2, 0.25) is 21.8 Å². The molecule has 2 saturated carbocycles. The number of amides is 4. The lowest BCUT2D eigenvalue weighted by Gasteiger charge is -2.33. The summed E-state index contributed by atoms with van der Waals surface area (Å²) in [6.45, 7) is 10.5. The van der Waals surface area contributed by atoms with Gasteiger partial charge in [0.1, 0.15) is 23.2 Å². The first-order chi connectivity index (χ1) is 19.4. The summed E-state index contributed by atoms with van der Waals surface area (Å²) in [5.74, 6) is -2.53. The van der Waals surface area contributed by atoms with E-state index in [0.29, 0.717) is 25.7 Å². The van der Waals surface area contributed by atoms with E-state index in [4.69, 9.17) is 4.74 Å². The fraction of sp³-hybridized carbons (Fsp3) is 0.793. The minimum atomic E-state index is -3.94. The predicted molar refractivity (Wildman–Crippen MR) is 154 cm³/mol. The van der Waals surface area contributed by atoms with E-state index in [-0.39, 0.29) is 31.2 Å². The van der Waals surface area contributed by atoms with Crippen LogP contribution in [-0.4, -0.2) is 82.9 Å². The van der Waals surface area contributed by atoms with Crippen molar-refractivity contribution in [3.63, 3.8) is 0 Å². The van der Waals surface area contributed by atoms with Crippen LogP contribution >= 0.6 is 0 Å². The molecular formula is C29H46N4O8S. The van der Waals surface area contributed by atoms with Crippen molar-refractivity contribution >= 4 is 33.8 Å². The van der Waals surface area contributed by atoms with Crippen LogP contribution in [-0.2, 0) is 29.1 Å². The number of hydrogen-bond acceptors (Lipinski definition) is 8. The average molecular weight is 611 g/mol. The van der Waals surface area contributed by atoms with Gasteiger partial charge in [-0.1, -0.05) is 26.0 Å². The van der Waals surface area contributed by atoms with Crippen molar-refractivity contribution in [2.75, 3.05) is 6.54 Å². The van der Waals surface area contributed by atoms with E-state index in [1.165, 1.54) is 4.90 Å². The summed E-state index contributed by atoms with van der Waals surface area (Å²) in [4.78, 5) is 55.2. The van der Waals surface area contributed by atoms with Crippen LogP contribution in [0.25, 0.3) is 0 Å². The number of rotatable bonds is 4. The van der Waals surface area contributed by atoms with Gasteiger partial charge in [-0.15, -0.1) is 0 Å². The molecule has 12 nitrogen and oxygen atoms in total. The zero-order chi connectivity index (χ0) is 31.3. The Bertz CT molecular complexity index is 1240. The molecule has 4 amide bonds. The van der Waals surface area contributed by atoms with Crippen LogP contribution in [0.1, 0.15) is 86.5 Å². The van der Waals surface area contributed by atoms with Crippen LogP contribution in [0.15, 0.2) is 12.2 Å². The number of aliphatic hydroxyl groups is 1. The SMILES string of the molecule is CC1CC/C=C\[C@@H]2C[C@@]2(C(=O)NS(=O)(=O)C2(C)CC2)NC(=O)[C@@H]2C[C@@H](O)CN2C(=O)[C@@H](NC(=O)OC(C)(C)C)[C@H](C)C1. The molecule has 7 atom stereocenters. The number of aliphatic hydroxyl groups excluding tert-OH is 1. The van der Waals surface area contributed by atoms with Gasteiger partial charge >= 0.3 is 6.09 Å². The third kappa shape index (κ3) is 6.93. The zero-order valence-corrected chi connectivity index (χ0v) is 26.3. The van der Waals surface area contributed by atoms with E-state index in [1.807, 2.05) is 19.1 Å². The minimum Gasteiger partial charge on any atom is -0.444 e. The van der Waals surface area contributed by atoms with Crippen LogP contribution in [0.3, 0.4) is 0 Å². The van der Waals surface area contributed by atoms with Gasteiger partial charge in [0.25, 0.3) is 5.91 Å². The molecule has 4 rings (SSSR count). The Labute approximate surface area is 248 Å². The van der Waals surface area contributed by atoms with E-state index in [1.54, 1.807) is 27.7 Å². The number of hydrogen-bond donors (Lipinski definition) is 4. The molecule has 42 heavy (non-hydrogen) atoms. The Morgan fingerprint density at radius 1 is 1.17 bits per heavy atom. The number of nitrogens with one attached hydrogen (secondary N) is 3. The summed E-state index contributed by atoms with van der Waals surface area (Å²) in [5, 5.41) is 16.0. The molecule has 2 heterocycles. The van der Waals surface area contributed by atoms with Crippen molar-refractivity contribution in [3.05, 3.63) is 12.2 Å². The number of allylic oxidation sites excluding steroid dienone is 1. The number of carbonyl (C=O) groups is 4. The standard InChI is InChI=1S/C29H46N4O8S/c1-17-9-7-8-10-19-15-29(19,25(37)32-42(39,40)28(6)11-12-28)31-23(35)21-14-20(34)16-33(21)24(36)22(18(2)13-17)30-26(38)41-27(3,4)5/h8,10,17-22,34H,7,9,11-16H2,1-6H3,(H,30,38)(H,31,35)(H,32,37)/b10-8-/t17?,18-,19-,20-,21+,22+,29-/m1/s1. The van der Waals surface area contributed by atoms with Gasteiger partial charge in [-0.05, 0) is 78.1 Å². The molecular weight excluding hydrogens is 564 g/mol. The van der Waals surface area contributed by atoms with E-state index >= 15 is 0 Å². The molecule has 0 aromatic heterocycles. The summed E-state index contributed by atoms with van der Waals surface area (Å²) < 4.78 is 32.3. The third-order valence-electron chi connectivity index (χ3n) is 8.94. The lowest BCUT2D eigenvalue weighted by atomic mass is 9.88. The highest BCUT2D eigenvalue weighted by atomic mass is 32.2. The number of fused-ring (bicyclic) bond motifs is 2. The van der Waals surface area contributed by atoms with Gasteiger partial charge in [0.05, 0.1) is 10.9 Å². The molecule has 4 aliphatic rings. The lowest BCUT2D eigenvalue weighted by Crippen LogP contribution is -2.59. The smallest absolute Gasteiger partial charge is 0.408 e. The number of carbonyl (C=O) groups excluding carboxylic acids is 4. The molecule has 0 radical (unpaired) electrons. The zero-order valence-electron chi connectivity index (χ0n) is 25.4. The number of ether oxygens (including phenoxy) is 1. The van der Waals surface area contributed by atoms with Crippen molar-refractivity contribution < 1.29 is 37.4 Å². The van der Waals surface area contributed by atoms with Crippen LogP contribution < -0.4 is 15.4 Å². The fourth-order valence-electron chi connectivity index (χ4n) is 5.96. The minimum absolute atomic E-state index is 0.0594. The summed E-state index contributed by atoms with van der Waals surface area (Å²) in [6, 6.07) is -2.13. The Hall–Kier alpha value is -2.67. The van der Waals surface area contributed by atoms with Crippen molar-refractivity contribution in [3.8, 4) is 0 Å². The molecule has 13 heteroatoms. The average Bonchev–Trinajstić information content (AvgIpc) is 3.74. The van der Waals surface area contributed by atoms with Gasteiger partial charge in [-0.25, -0.2) is 13.2 Å². The molecule has 0 aromatic rings. The highest BCUT2D eigenvalue weighted by Crippen LogP contribution is 2.47. The molecule has 3 fully saturated rings. The van der Waals surface area contributed by atoms with Crippen LogP contribution in [0.4, 0.5) is 4.79 Å². The van der Waals surface area contributed by atoms with Crippen molar-refractivity contribution in [2.24, 2.45) is 17.8 Å².